The number of nitrogens with one attached hydrogen (secondary N) is 4. The molecule has 56 heavy (non-hydrogen) atoms. The molecule has 0 aromatic rings. The molecule has 324 valence electrons. The minimum Gasteiger partial charge on any atom is -0.466 e. The number of sulfonamides is 1. The lowest BCUT2D eigenvalue weighted by Gasteiger charge is -2.38. The fourth-order valence-electron chi connectivity index (χ4n) is 7.70. The van der Waals surface area contributed by atoms with Crippen molar-refractivity contribution in [2.45, 2.75) is 162 Å². The van der Waals surface area contributed by atoms with Crippen LogP contribution in [0.15, 0.2) is 0 Å². The molecule has 15 nitrogen and oxygen atoms in total. The maximum Gasteiger partial charge on any atom is 0.407 e. The summed E-state index contributed by atoms with van der Waals surface area (Å²) in [5, 5.41) is 8.74. The highest BCUT2D eigenvalue weighted by Crippen LogP contribution is 2.45. The molecule has 2 fully saturated rings. The van der Waals surface area contributed by atoms with Gasteiger partial charge in [-0.05, 0) is 132 Å². The molecule has 0 saturated heterocycles. The third-order valence-corrected chi connectivity index (χ3v) is 10.9. The molecule has 0 heterocycles. The number of ether oxygens (including phenoxy) is 4. The zero-order valence-electron chi connectivity index (χ0n) is 35.5. The van der Waals surface area contributed by atoms with Crippen LogP contribution < -0.4 is 20.7 Å². The average molecular weight is 817 g/mol. The highest BCUT2D eigenvalue weighted by Gasteiger charge is 2.46. The minimum atomic E-state index is -3.78. The van der Waals surface area contributed by atoms with Crippen LogP contribution in [0.4, 0.5) is 4.79 Å². The van der Waals surface area contributed by atoms with Gasteiger partial charge in [-0.1, -0.05) is 12.8 Å². The van der Waals surface area contributed by atoms with E-state index in [0.717, 1.165) is 31.9 Å². The van der Waals surface area contributed by atoms with Crippen LogP contribution in [-0.4, -0.2) is 101 Å². The Morgan fingerprint density at radius 3 is 2.11 bits per heavy atom. The van der Waals surface area contributed by atoms with Crippen molar-refractivity contribution in [2.75, 3.05) is 39.2 Å². The van der Waals surface area contributed by atoms with Gasteiger partial charge in [0.25, 0.3) is 0 Å². The van der Waals surface area contributed by atoms with Crippen LogP contribution in [0.1, 0.15) is 139 Å². The van der Waals surface area contributed by atoms with Gasteiger partial charge in [0.1, 0.15) is 17.2 Å². The molecule has 0 radical (unpaired) electrons. The number of carbonyl (C=O) groups is 5. The number of hydrogen-bond donors (Lipinski definition) is 4. The van der Waals surface area contributed by atoms with E-state index in [1.807, 2.05) is 6.92 Å². The Morgan fingerprint density at radius 1 is 0.857 bits per heavy atom. The SMILES string of the molecule is CCOCCC[C@H]1CC(NC(=O)C2(C[C@@H](CNC(=O)[C@H](CCCCNC(=O)OC(C)(C)C)NS(C)(=O)=O)C(=O)OC(C)(C)C)CCCC2)CC[C@H]1C(=O)OCC. The lowest BCUT2D eigenvalue weighted by atomic mass is 9.73. The second kappa shape index (κ2) is 22.8. The zero-order valence-corrected chi connectivity index (χ0v) is 36.3. The maximum absolute atomic E-state index is 14.3. The van der Waals surface area contributed by atoms with Crippen LogP contribution in [0.5, 0.6) is 0 Å². The molecule has 1 unspecified atom stereocenters. The Hall–Kier alpha value is -2.98. The fourth-order valence-corrected chi connectivity index (χ4v) is 8.44. The van der Waals surface area contributed by atoms with Gasteiger partial charge >= 0.3 is 18.0 Å². The Bertz CT molecular complexity index is 1390. The molecule has 2 aliphatic rings. The van der Waals surface area contributed by atoms with Gasteiger partial charge in [-0.25, -0.2) is 17.9 Å². The normalized spacial score (nSPS) is 21.0. The van der Waals surface area contributed by atoms with Crippen molar-refractivity contribution in [1.82, 2.24) is 20.7 Å². The van der Waals surface area contributed by atoms with Gasteiger partial charge in [0.2, 0.25) is 21.8 Å². The van der Waals surface area contributed by atoms with E-state index in [2.05, 4.69) is 20.7 Å². The van der Waals surface area contributed by atoms with Gasteiger partial charge in [-0.3, -0.25) is 19.2 Å². The van der Waals surface area contributed by atoms with Crippen molar-refractivity contribution in [1.29, 1.82) is 0 Å². The lowest BCUT2D eigenvalue weighted by molar-refractivity contribution is -0.161. The predicted octanol–water partition coefficient (Wildman–Crippen LogP) is 4.90. The van der Waals surface area contributed by atoms with Crippen LogP contribution in [0, 0.1) is 23.2 Å². The van der Waals surface area contributed by atoms with Crippen molar-refractivity contribution in [3.63, 3.8) is 0 Å². The van der Waals surface area contributed by atoms with Gasteiger partial charge in [0, 0.05) is 32.3 Å². The van der Waals surface area contributed by atoms with Crippen LogP contribution >= 0.6 is 0 Å². The van der Waals surface area contributed by atoms with E-state index in [0.29, 0.717) is 64.8 Å². The number of unbranched alkanes of at least 4 members (excludes halogenated alkanes) is 1. The second-order valence-corrected chi connectivity index (χ2v) is 19.3. The molecule has 5 atom stereocenters. The van der Waals surface area contributed by atoms with E-state index in [1.165, 1.54) is 0 Å². The van der Waals surface area contributed by atoms with Crippen molar-refractivity contribution >= 4 is 39.9 Å². The molecule has 0 aliphatic heterocycles. The number of alkyl carbamates (subject to hydrolysis) is 1. The molecule has 0 aromatic heterocycles. The monoisotopic (exact) mass is 816 g/mol. The molecule has 16 heteroatoms. The number of rotatable bonds is 22. The van der Waals surface area contributed by atoms with Crippen LogP contribution in [0.3, 0.4) is 0 Å². The zero-order chi connectivity index (χ0) is 42.2. The van der Waals surface area contributed by atoms with Gasteiger partial charge in [0.15, 0.2) is 0 Å². The summed E-state index contributed by atoms with van der Waals surface area (Å²) in [6.07, 6.45) is 7.74. The summed E-state index contributed by atoms with van der Waals surface area (Å²) in [7, 11) is -3.78. The van der Waals surface area contributed by atoms with Crippen molar-refractivity contribution < 1.29 is 51.3 Å². The number of amides is 3. The quantitative estimate of drug-likeness (QED) is 0.0657. The van der Waals surface area contributed by atoms with E-state index in [4.69, 9.17) is 18.9 Å². The molecule has 0 bridgehead atoms. The highest BCUT2D eigenvalue weighted by atomic mass is 32.2. The number of carbonyl (C=O) groups excluding carboxylic acids is 5. The Balaban J connectivity index is 2.19. The summed E-state index contributed by atoms with van der Waals surface area (Å²) in [4.78, 5) is 66.4. The van der Waals surface area contributed by atoms with Gasteiger partial charge in [-0.2, -0.15) is 0 Å². The molecular weight excluding hydrogens is 745 g/mol. The third-order valence-electron chi connectivity index (χ3n) is 10.2. The highest BCUT2D eigenvalue weighted by molar-refractivity contribution is 7.88. The first kappa shape index (κ1) is 49.2. The summed E-state index contributed by atoms with van der Waals surface area (Å²) in [6.45, 7) is 15.9. The number of hydrogen-bond acceptors (Lipinski definition) is 11. The smallest absolute Gasteiger partial charge is 0.407 e. The van der Waals surface area contributed by atoms with Gasteiger partial charge in [0.05, 0.1) is 30.1 Å². The molecule has 4 N–H and O–H groups in total. The first-order valence-electron chi connectivity index (χ1n) is 20.6. The Kier molecular flexibility index (Phi) is 20.0. The molecule has 2 aliphatic carbocycles. The van der Waals surface area contributed by atoms with Crippen molar-refractivity contribution in [3.05, 3.63) is 0 Å². The summed E-state index contributed by atoms with van der Waals surface area (Å²) < 4.78 is 48.8. The van der Waals surface area contributed by atoms with E-state index in [1.54, 1.807) is 48.5 Å². The summed E-state index contributed by atoms with van der Waals surface area (Å²) in [5.74, 6) is -2.58. The third kappa shape index (κ3) is 18.5. The summed E-state index contributed by atoms with van der Waals surface area (Å²) >= 11 is 0. The topological polar surface area (TPSA) is 205 Å². The fraction of sp³-hybridized carbons (Fsp3) is 0.875. The van der Waals surface area contributed by atoms with Crippen LogP contribution in [-0.2, 0) is 48.1 Å². The molecule has 3 amide bonds. The first-order chi connectivity index (χ1) is 26.1. The molecule has 0 spiro atoms. The largest absolute Gasteiger partial charge is 0.466 e. The average Bonchev–Trinajstić information content (AvgIpc) is 3.55. The Labute approximate surface area is 335 Å². The van der Waals surface area contributed by atoms with Gasteiger partial charge in [-0.15, -0.1) is 0 Å². The predicted molar refractivity (Wildman–Crippen MR) is 213 cm³/mol. The van der Waals surface area contributed by atoms with Gasteiger partial charge < -0.3 is 34.9 Å². The van der Waals surface area contributed by atoms with Crippen LogP contribution in [0.25, 0.3) is 0 Å². The molecule has 0 aromatic carbocycles. The first-order valence-corrected chi connectivity index (χ1v) is 22.5. The second-order valence-electron chi connectivity index (χ2n) is 17.5. The Morgan fingerprint density at radius 2 is 1.52 bits per heavy atom. The summed E-state index contributed by atoms with van der Waals surface area (Å²) in [6, 6.07) is -1.27. The molecule has 2 saturated carbocycles. The van der Waals surface area contributed by atoms with Crippen molar-refractivity contribution in [2.24, 2.45) is 23.2 Å². The van der Waals surface area contributed by atoms with E-state index in [-0.39, 0.29) is 55.7 Å². The molecular formula is C40H72N4O11S. The number of esters is 2. The van der Waals surface area contributed by atoms with E-state index in [9.17, 15) is 32.4 Å². The van der Waals surface area contributed by atoms with Crippen LogP contribution in [0.2, 0.25) is 0 Å². The van der Waals surface area contributed by atoms with E-state index >= 15 is 0 Å². The van der Waals surface area contributed by atoms with Crippen molar-refractivity contribution in [3.8, 4) is 0 Å². The lowest BCUT2D eigenvalue weighted by Crippen LogP contribution is -2.51. The summed E-state index contributed by atoms with van der Waals surface area (Å²) in [5.41, 5.74) is -2.35. The minimum absolute atomic E-state index is 0.0348. The maximum atomic E-state index is 14.3. The standard InChI is InChI=1S/C40H72N4O11S/c1-10-52-24-16-17-28-25-30(19-20-31(28)35(47)53-11-2)43-36(48)40(21-13-14-22-40)26-29(34(46)54-38(3,4)5)27-42-33(45)32(44-56(9,50)51)18-12-15-23-41-37(49)55-39(6,7)8/h28-32,44H,10-27H2,1-9H3,(H,41,49)(H,42,45)(H,43,48)/t28-,29-,30?,31+,32-/m0/s1. The van der Waals surface area contributed by atoms with E-state index < -0.39 is 56.6 Å². The molecule has 2 rings (SSSR count).